The minimum Gasteiger partial charge on any atom is -0.480 e. The molecule has 0 heterocycles. The fourth-order valence-electron chi connectivity index (χ4n) is 1.59. The van der Waals surface area contributed by atoms with Gasteiger partial charge >= 0.3 is 12.0 Å². The molecule has 1 aromatic rings. The largest absolute Gasteiger partial charge is 0.480 e. The van der Waals surface area contributed by atoms with Gasteiger partial charge in [0.25, 0.3) is 0 Å². The molecule has 1 atom stereocenters. The van der Waals surface area contributed by atoms with E-state index in [0.717, 1.165) is 0 Å². The van der Waals surface area contributed by atoms with E-state index < -0.39 is 18.0 Å². The van der Waals surface area contributed by atoms with E-state index in [0.29, 0.717) is 11.4 Å². The Morgan fingerprint density at radius 3 is 2.33 bits per heavy atom. The van der Waals surface area contributed by atoms with Gasteiger partial charge in [0, 0.05) is 31.3 Å². The van der Waals surface area contributed by atoms with E-state index >= 15 is 0 Å². The Hall–Kier alpha value is -2.61. The molecule has 0 aliphatic rings. The number of hydrogen-bond acceptors (Lipinski definition) is 4. The summed E-state index contributed by atoms with van der Waals surface area (Å²) >= 11 is 0. The number of carboxylic acid groups (broad SMARTS) is 1. The van der Waals surface area contributed by atoms with Crippen molar-refractivity contribution in [3.63, 3.8) is 0 Å². The van der Waals surface area contributed by atoms with E-state index in [2.05, 4.69) is 16.0 Å². The molecule has 0 aromatic heterocycles. The van der Waals surface area contributed by atoms with Gasteiger partial charge in [0.2, 0.25) is 5.91 Å². The number of carbonyl (C=O) groups is 3. The molecule has 0 fully saturated rings. The van der Waals surface area contributed by atoms with Crippen molar-refractivity contribution >= 4 is 29.3 Å². The van der Waals surface area contributed by atoms with Gasteiger partial charge in [-0.05, 0) is 18.2 Å². The Morgan fingerprint density at radius 2 is 1.81 bits per heavy atom. The summed E-state index contributed by atoms with van der Waals surface area (Å²) in [5.41, 5.74) is 0.900. The molecule has 0 saturated heterocycles. The number of rotatable bonds is 6. The minimum atomic E-state index is -1.23. The molecule has 0 spiro atoms. The zero-order valence-corrected chi connectivity index (χ0v) is 11.4. The van der Waals surface area contributed by atoms with Gasteiger partial charge in [-0.1, -0.05) is 6.07 Å². The van der Waals surface area contributed by atoms with Gasteiger partial charge < -0.3 is 26.2 Å². The summed E-state index contributed by atoms with van der Waals surface area (Å²) in [5, 5.41) is 24.8. The second-order valence-corrected chi connectivity index (χ2v) is 4.26. The highest BCUT2D eigenvalue weighted by atomic mass is 16.4. The number of anilines is 2. The standard InChI is InChI=1S/C13H17N3O5/c1-8(18)14-9-3-2-4-10(7-9)15-13(21)16-11(5-6-17)12(19)20/h2-4,7,11,17H,5-6H2,1H3,(H,14,18)(H,19,20)(H2,15,16,21)/t11-/m1/s1. The first kappa shape index (κ1) is 16.4. The normalized spacial score (nSPS) is 11.3. The number of aliphatic carboxylic acids is 1. The predicted molar refractivity (Wildman–Crippen MR) is 76.0 cm³/mol. The summed E-state index contributed by atoms with van der Waals surface area (Å²) in [6.07, 6.45) is -0.0886. The first-order valence-electron chi connectivity index (χ1n) is 6.21. The average Bonchev–Trinajstić information content (AvgIpc) is 2.37. The molecule has 8 heteroatoms. The molecule has 0 unspecified atom stereocenters. The third-order valence-corrected chi connectivity index (χ3v) is 2.46. The molecule has 21 heavy (non-hydrogen) atoms. The maximum Gasteiger partial charge on any atom is 0.326 e. The topological polar surface area (TPSA) is 128 Å². The fourth-order valence-corrected chi connectivity index (χ4v) is 1.59. The van der Waals surface area contributed by atoms with E-state index in [4.69, 9.17) is 10.2 Å². The molecule has 5 N–H and O–H groups in total. The molecule has 0 radical (unpaired) electrons. The monoisotopic (exact) mass is 295 g/mol. The van der Waals surface area contributed by atoms with Crippen molar-refractivity contribution in [2.24, 2.45) is 0 Å². The van der Waals surface area contributed by atoms with Crippen LogP contribution in [-0.4, -0.2) is 40.8 Å². The van der Waals surface area contributed by atoms with E-state index in [1.165, 1.54) is 13.0 Å². The third kappa shape index (κ3) is 5.91. The Morgan fingerprint density at radius 1 is 1.19 bits per heavy atom. The Labute approximate surface area is 121 Å². The highest BCUT2D eigenvalue weighted by Crippen LogP contribution is 2.14. The predicted octanol–water partition coefficient (Wildman–Crippen LogP) is 0.602. The van der Waals surface area contributed by atoms with Crippen LogP contribution in [0.2, 0.25) is 0 Å². The summed E-state index contributed by atoms with van der Waals surface area (Å²) in [7, 11) is 0. The number of aliphatic hydroxyl groups is 1. The van der Waals surface area contributed by atoms with E-state index in [1.54, 1.807) is 18.2 Å². The van der Waals surface area contributed by atoms with Crippen molar-refractivity contribution in [3.8, 4) is 0 Å². The van der Waals surface area contributed by atoms with Crippen LogP contribution >= 0.6 is 0 Å². The van der Waals surface area contributed by atoms with Crippen LogP contribution in [0.5, 0.6) is 0 Å². The Bertz CT molecular complexity index is 532. The first-order chi connectivity index (χ1) is 9.92. The maximum atomic E-state index is 11.7. The number of carbonyl (C=O) groups excluding carboxylic acids is 2. The van der Waals surface area contributed by atoms with E-state index in [9.17, 15) is 14.4 Å². The van der Waals surface area contributed by atoms with Gasteiger partial charge in [-0.15, -0.1) is 0 Å². The number of benzene rings is 1. The lowest BCUT2D eigenvalue weighted by Crippen LogP contribution is -2.43. The van der Waals surface area contributed by atoms with Crippen LogP contribution in [0.4, 0.5) is 16.2 Å². The molecule has 114 valence electrons. The fraction of sp³-hybridized carbons (Fsp3) is 0.308. The van der Waals surface area contributed by atoms with Crippen LogP contribution in [0.15, 0.2) is 24.3 Å². The van der Waals surface area contributed by atoms with Crippen molar-refractivity contribution in [1.82, 2.24) is 5.32 Å². The molecule has 1 aromatic carbocycles. The van der Waals surface area contributed by atoms with Gasteiger partial charge in [0.15, 0.2) is 0 Å². The van der Waals surface area contributed by atoms with Gasteiger partial charge in [0.1, 0.15) is 6.04 Å². The van der Waals surface area contributed by atoms with Crippen LogP contribution in [0.1, 0.15) is 13.3 Å². The average molecular weight is 295 g/mol. The molecule has 8 nitrogen and oxygen atoms in total. The van der Waals surface area contributed by atoms with Gasteiger partial charge in [-0.2, -0.15) is 0 Å². The lowest BCUT2D eigenvalue weighted by molar-refractivity contribution is -0.139. The molecular formula is C13H17N3O5. The van der Waals surface area contributed by atoms with Crippen LogP contribution in [0, 0.1) is 0 Å². The summed E-state index contributed by atoms with van der Waals surface area (Å²) in [5.74, 6) is -1.48. The van der Waals surface area contributed by atoms with Crippen LogP contribution in [0.25, 0.3) is 0 Å². The van der Waals surface area contributed by atoms with Crippen LogP contribution < -0.4 is 16.0 Å². The second kappa shape index (κ2) is 7.85. The zero-order chi connectivity index (χ0) is 15.8. The molecule has 0 aliphatic heterocycles. The molecule has 1 rings (SSSR count). The zero-order valence-electron chi connectivity index (χ0n) is 11.4. The number of carboxylic acids is 1. The first-order valence-corrected chi connectivity index (χ1v) is 6.21. The highest BCUT2D eigenvalue weighted by Gasteiger charge is 2.19. The van der Waals surface area contributed by atoms with Crippen molar-refractivity contribution in [1.29, 1.82) is 0 Å². The number of aliphatic hydroxyl groups excluding tert-OH is 1. The molecule has 3 amide bonds. The lowest BCUT2D eigenvalue weighted by Gasteiger charge is -2.14. The molecular weight excluding hydrogens is 278 g/mol. The van der Waals surface area contributed by atoms with Crippen molar-refractivity contribution in [2.75, 3.05) is 17.2 Å². The maximum absolute atomic E-state index is 11.7. The van der Waals surface area contributed by atoms with Gasteiger partial charge in [-0.3, -0.25) is 4.79 Å². The summed E-state index contributed by atoms with van der Waals surface area (Å²) in [6.45, 7) is 1.01. The van der Waals surface area contributed by atoms with Crippen molar-refractivity contribution in [3.05, 3.63) is 24.3 Å². The molecule has 0 aliphatic carbocycles. The van der Waals surface area contributed by atoms with Gasteiger partial charge in [0.05, 0.1) is 0 Å². The van der Waals surface area contributed by atoms with Crippen molar-refractivity contribution < 1.29 is 24.6 Å². The Kier molecular flexibility index (Phi) is 6.15. The summed E-state index contributed by atoms with van der Waals surface area (Å²) < 4.78 is 0. The molecule has 0 bridgehead atoms. The summed E-state index contributed by atoms with van der Waals surface area (Å²) in [6, 6.07) is 4.51. The third-order valence-electron chi connectivity index (χ3n) is 2.46. The van der Waals surface area contributed by atoms with E-state index in [-0.39, 0.29) is 18.9 Å². The number of urea groups is 1. The highest BCUT2D eigenvalue weighted by molar-refractivity contribution is 5.94. The number of nitrogens with one attached hydrogen (secondary N) is 3. The lowest BCUT2D eigenvalue weighted by atomic mass is 10.2. The summed E-state index contributed by atoms with van der Waals surface area (Å²) in [4.78, 5) is 33.5. The van der Waals surface area contributed by atoms with Crippen LogP contribution in [-0.2, 0) is 9.59 Å². The quantitative estimate of drug-likeness (QED) is 0.525. The van der Waals surface area contributed by atoms with Crippen molar-refractivity contribution in [2.45, 2.75) is 19.4 Å². The minimum absolute atomic E-state index is 0.0886. The van der Waals surface area contributed by atoms with Crippen LogP contribution in [0.3, 0.4) is 0 Å². The molecule has 0 saturated carbocycles. The SMILES string of the molecule is CC(=O)Nc1cccc(NC(=O)N[C@H](CCO)C(=O)O)c1. The smallest absolute Gasteiger partial charge is 0.326 e. The number of amides is 3. The second-order valence-electron chi connectivity index (χ2n) is 4.26. The van der Waals surface area contributed by atoms with Gasteiger partial charge in [-0.25, -0.2) is 9.59 Å². The Balaban J connectivity index is 2.65. The van der Waals surface area contributed by atoms with E-state index in [1.807, 2.05) is 0 Å². The number of hydrogen-bond donors (Lipinski definition) is 5.